The summed E-state index contributed by atoms with van der Waals surface area (Å²) >= 11 is 0. The molecular weight excluding hydrogens is 1220 g/mol. The Hall–Kier alpha value is -13.5. The minimum absolute atomic E-state index is 0.523. The zero-order valence-electron chi connectivity index (χ0n) is 54.2. The average molecular weight is 1270 g/mol. The highest BCUT2D eigenvalue weighted by molar-refractivity contribution is 6.15. The van der Waals surface area contributed by atoms with Crippen LogP contribution in [0.5, 0.6) is 0 Å². The van der Waals surface area contributed by atoms with E-state index in [1.165, 1.54) is 59.9 Å². The summed E-state index contributed by atoms with van der Waals surface area (Å²) < 4.78 is 9.36. The first-order valence-corrected chi connectivity index (χ1v) is 34.1. The van der Waals surface area contributed by atoms with Crippen molar-refractivity contribution in [1.82, 2.24) is 33.2 Å². The van der Waals surface area contributed by atoms with Gasteiger partial charge >= 0.3 is 0 Å². The molecule has 7 heteroatoms. The molecule has 20 aromatic rings. The summed E-state index contributed by atoms with van der Waals surface area (Å²) in [5.41, 5.74) is 25.3. The van der Waals surface area contributed by atoms with Crippen molar-refractivity contribution in [2.24, 2.45) is 0 Å². The van der Waals surface area contributed by atoms with Crippen molar-refractivity contribution < 1.29 is 0 Å². The molecule has 0 unspecified atom stereocenters. The summed E-state index contributed by atoms with van der Waals surface area (Å²) in [6.07, 6.45) is 0. The third-order valence-corrected chi connectivity index (χ3v) is 20.2. The number of aromatic nitrogens is 7. The SMILES string of the molecule is c1ccc(-c2cc(-c3ccccc3)cc(-c3cccc(-c4nc(-c5cccc(-n6c7ccccc7c7cc(-c8ccc9c(c8)c8ccccc8n9-c8ccccc8)ccc76)c5)nc(-n5c6ccccc6c6cc(-c7ccc8c(c7)c7ccccc7n8-c7ccccc7)ccc65)n4)c3)c2)cc1. The highest BCUT2D eigenvalue weighted by Crippen LogP contribution is 2.43. The minimum Gasteiger partial charge on any atom is -0.309 e. The van der Waals surface area contributed by atoms with Crippen molar-refractivity contribution in [2.45, 2.75) is 0 Å². The monoisotopic (exact) mass is 1270 g/mol. The predicted octanol–water partition coefficient (Wildman–Crippen LogP) is 23.9. The maximum atomic E-state index is 5.59. The Morgan fingerprint density at radius 1 is 0.150 bits per heavy atom. The Kier molecular flexibility index (Phi) is 13.1. The number of fused-ring (bicyclic) bond motifs is 12. The van der Waals surface area contributed by atoms with Crippen molar-refractivity contribution in [1.29, 1.82) is 0 Å². The Balaban J connectivity index is 0.743. The van der Waals surface area contributed by atoms with Crippen molar-refractivity contribution in [2.75, 3.05) is 0 Å². The van der Waals surface area contributed by atoms with Crippen LogP contribution in [0.25, 0.3) is 189 Å². The van der Waals surface area contributed by atoms with Crippen LogP contribution in [0.1, 0.15) is 0 Å². The fourth-order valence-electron chi connectivity index (χ4n) is 15.5. The maximum Gasteiger partial charge on any atom is 0.238 e. The van der Waals surface area contributed by atoms with Crippen LogP contribution in [0.2, 0.25) is 0 Å². The van der Waals surface area contributed by atoms with E-state index < -0.39 is 0 Å². The lowest BCUT2D eigenvalue weighted by atomic mass is 9.93. The molecule has 0 aliphatic carbocycles. The summed E-state index contributed by atoms with van der Waals surface area (Å²) in [7, 11) is 0. The molecule has 0 spiro atoms. The fraction of sp³-hybridized carbons (Fsp3) is 0. The Morgan fingerprint density at radius 3 is 0.840 bits per heavy atom. The van der Waals surface area contributed by atoms with Crippen LogP contribution in [0.15, 0.2) is 358 Å². The van der Waals surface area contributed by atoms with E-state index in [0.29, 0.717) is 17.6 Å². The number of hydrogen-bond donors (Lipinski definition) is 0. The van der Waals surface area contributed by atoms with E-state index in [-0.39, 0.29) is 0 Å². The summed E-state index contributed by atoms with van der Waals surface area (Å²) in [6.45, 7) is 0. The molecule has 20 rings (SSSR count). The summed E-state index contributed by atoms with van der Waals surface area (Å²) in [5.74, 6) is 1.64. The molecule has 0 saturated carbocycles. The Labute approximate surface area is 576 Å². The first-order valence-electron chi connectivity index (χ1n) is 34.1. The van der Waals surface area contributed by atoms with E-state index in [0.717, 1.165) is 111 Å². The van der Waals surface area contributed by atoms with Gasteiger partial charge in [0.2, 0.25) is 5.95 Å². The third kappa shape index (κ3) is 9.39. The van der Waals surface area contributed by atoms with Gasteiger partial charge in [0.1, 0.15) is 0 Å². The van der Waals surface area contributed by atoms with E-state index >= 15 is 0 Å². The number of nitrogens with zero attached hydrogens (tertiary/aromatic N) is 7. The van der Waals surface area contributed by atoms with Crippen LogP contribution >= 0.6 is 0 Å². The summed E-state index contributed by atoms with van der Waals surface area (Å²) in [5, 5.41) is 9.43. The summed E-state index contributed by atoms with van der Waals surface area (Å²) in [4.78, 5) is 16.7. The largest absolute Gasteiger partial charge is 0.309 e. The zero-order valence-corrected chi connectivity index (χ0v) is 54.2. The first kappa shape index (κ1) is 56.8. The molecule has 0 saturated heterocycles. The van der Waals surface area contributed by atoms with Gasteiger partial charge in [0.25, 0.3) is 0 Å². The molecule has 466 valence electrons. The lowest BCUT2D eigenvalue weighted by Gasteiger charge is -2.14. The molecule has 7 nitrogen and oxygen atoms in total. The topological polar surface area (TPSA) is 58.4 Å². The molecule has 5 heterocycles. The van der Waals surface area contributed by atoms with E-state index in [9.17, 15) is 0 Å². The van der Waals surface area contributed by atoms with Crippen LogP contribution < -0.4 is 0 Å². The van der Waals surface area contributed by atoms with Gasteiger partial charge in [-0.1, -0.05) is 224 Å². The number of benzene rings is 15. The molecule has 0 N–H and O–H groups in total. The van der Waals surface area contributed by atoms with E-state index in [4.69, 9.17) is 15.0 Å². The van der Waals surface area contributed by atoms with Gasteiger partial charge in [-0.05, 0) is 189 Å². The van der Waals surface area contributed by atoms with Crippen molar-refractivity contribution in [3.05, 3.63) is 358 Å². The average Bonchev–Trinajstić information content (AvgIpc) is 1.58. The normalized spacial score (nSPS) is 11.8. The number of hydrogen-bond acceptors (Lipinski definition) is 3. The second-order valence-electron chi connectivity index (χ2n) is 26.0. The number of para-hydroxylation sites is 6. The van der Waals surface area contributed by atoms with E-state index in [1.807, 2.05) is 0 Å². The fourth-order valence-corrected chi connectivity index (χ4v) is 15.5. The summed E-state index contributed by atoms with van der Waals surface area (Å²) in [6, 6.07) is 129. The van der Waals surface area contributed by atoms with Gasteiger partial charge < -0.3 is 13.7 Å². The standard InChI is InChI=1S/C93H59N7/c1-5-23-60(24-6-1)69-52-70(61-25-7-2-8-26-61)54-71(53-69)62-27-21-28-67(51-62)91-94-92(96-93(95-91)100-86-42-20-16-38-78(86)82-59-66(46-50-90(82)100)64-44-48-88-80(57-64)76-36-14-18-40-84(76)98(88)73-32-11-4-12-33-73)68-29-22-34-74(55-68)99-85-41-19-15-37-77(85)81-58-65(45-49-89(81)99)63-43-47-87-79(56-63)75-35-13-17-39-83(75)97(87)72-30-9-3-10-31-72/h1-59H. The Morgan fingerprint density at radius 2 is 0.420 bits per heavy atom. The van der Waals surface area contributed by atoms with Crippen LogP contribution in [0.3, 0.4) is 0 Å². The predicted molar refractivity (Wildman–Crippen MR) is 415 cm³/mol. The van der Waals surface area contributed by atoms with Crippen LogP contribution in [0.4, 0.5) is 0 Å². The molecule has 0 aliphatic rings. The van der Waals surface area contributed by atoms with Gasteiger partial charge in [0.15, 0.2) is 11.6 Å². The van der Waals surface area contributed by atoms with Crippen LogP contribution in [-0.4, -0.2) is 33.2 Å². The second-order valence-corrected chi connectivity index (χ2v) is 26.0. The lowest BCUT2D eigenvalue weighted by molar-refractivity contribution is 0.953. The highest BCUT2D eigenvalue weighted by Gasteiger charge is 2.23. The molecule has 15 aromatic carbocycles. The van der Waals surface area contributed by atoms with Crippen molar-refractivity contribution >= 4 is 87.2 Å². The molecule has 5 aromatic heterocycles. The lowest BCUT2D eigenvalue weighted by Crippen LogP contribution is -2.06. The van der Waals surface area contributed by atoms with E-state index in [1.54, 1.807) is 0 Å². The molecule has 0 fully saturated rings. The zero-order chi connectivity index (χ0) is 65.8. The molecule has 0 aliphatic heterocycles. The van der Waals surface area contributed by atoms with Gasteiger partial charge in [-0.2, -0.15) is 9.97 Å². The third-order valence-electron chi connectivity index (χ3n) is 20.2. The molecule has 100 heavy (non-hydrogen) atoms. The molecule has 0 bridgehead atoms. The van der Waals surface area contributed by atoms with Gasteiger partial charge in [-0.3, -0.25) is 4.57 Å². The van der Waals surface area contributed by atoms with Gasteiger partial charge in [0.05, 0.1) is 44.1 Å². The maximum absolute atomic E-state index is 5.59. The molecule has 0 atom stereocenters. The highest BCUT2D eigenvalue weighted by atomic mass is 15.2. The number of rotatable bonds is 11. The van der Waals surface area contributed by atoms with Gasteiger partial charge in [-0.15, -0.1) is 0 Å². The molecule has 0 amide bonds. The van der Waals surface area contributed by atoms with Crippen molar-refractivity contribution in [3.63, 3.8) is 0 Å². The van der Waals surface area contributed by atoms with Crippen LogP contribution in [0, 0.1) is 0 Å². The van der Waals surface area contributed by atoms with Crippen LogP contribution in [-0.2, 0) is 0 Å². The van der Waals surface area contributed by atoms with Crippen molar-refractivity contribution in [3.8, 4) is 101 Å². The quantitative estimate of drug-likeness (QED) is 0.130. The first-order chi connectivity index (χ1) is 49.6. The smallest absolute Gasteiger partial charge is 0.238 e. The molecular formula is C93H59N7. The van der Waals surface area contributed by atoms with E-state index in [2.05, 4.69) is 376 Å². The Bertz CT molecular complexity index is 6580. The van der Waals surface area contributed by atoms with Gasteiger partial charge in [0, 0.05) is 71.3 Å². The second kappa shape index (κ2) is 23.1. The minimum atomic E-state index is 0.523. The van der Waals surface area contributed by atoms with Gasteiger partial charge in [-0.25, -0.2) is 4.98 Å². The molecule has 0 radical (unpaired) electrons.